The Hall–Kier alpha value is -2.75. The number of phenolic OH excluding ortho intramolecular Hbond substituents is 2. The molecule has 0 saturated carbocycles. The van der Waals surface area contributed by atoms with Crippen LogP contribution in [0.2, 0.25) is 0 Å². The molecule has 2 aromatic carbocycles. The highest BCUT2D eigenvalue weighted by atomic mass is 16.5. The summed E-state index contributed by atoms with van der Waals surface area (Å²) in [6.07, 6.45) is 14.1. The van der Waals surface area contributed by atoms with E-state index in [2.05, 4.69) is 13.8 Å². The molecule has 0 fully saturated rings. The molecule has 0 aromatic heterocycles. The van der Waals surface area contributed by atoms with Gasteiger partial charge in [0, 0.05) is 11.8 Å². The van der Waals surface area contributed by atoms with Crippen molar-refractivity contribution in [3.05, 3.63) is 72.0 Å². The molecule has 0 unspecified atom stereocenters. The molecule has 0 spiro atoms. The molecule has 0 radical (unpaired) electrons. The number of hydrogen-bond acceptors (Lipinski definition) is 4. The molecule has 174 valence electrons. The van der Waals surface area contributed by atoms with Gasteiger partial charge in [0.2, 0.25) is 0 Å². The topological polar surface area (TPSA) is 66.8 Å². The van der Waals surface area contributed by atoms with Gasteiger partial charge in [-0.2, -0.15) is 0 Å². The number of ether oxygens (including phenoxy) is 1. The number of esters is 1. The number of phenols is 2. The standard InChI is InChI=1S/C28H38O4/c1-3-4-5-6-7-8-9-10-11-22-32-27(31)20-21-28(2,23-12-16-25(29)17-13-23)24-14-18-26(30)19-15-24/h11-19,22,29-30H,3-10,20-21H2,1-2H3. The van der Waals surface area contributed by atoms with Crippen LogP contribution in [0, 0.1) is 0 Å². The summed E-state index contributed by atoms with van der Waals surface area (Å²) in [5, 5.41) is 19.3. The minimum atomic E-state index is -0.456. The predicted molar refractivity (Wildman–Crippen MR) is 130 cm³/mol. The van der Waals surface area contributed by atoms with Crippen LogP contribution in [-0.2, 0) is 14.9 Å². The number of hydrogen-bond donors (Lipinski definition) is 2. The highest BCUT2D eigenvalue weighted by molar-refractivity contribution is 5.70. The predicted octanol–water partition coefficient (Wildman–Crippen LogP) is 7.38. The lowest BCUT2D eigenvalue weighted by atomic mass is 9.73. The van der Waals surface area contributed by atoms with Gasteiger partial charge in [0.1, 0.15) is 11.5 Å². The first-order chi connectivity index (χ1) is 15.5. The molecule has 0 aliphatic rings. The molecule has 0 saturated heterocycles. The van der Waals surface area contributed by atoms with Crippen LogP contribution in [0.1, 0.15) is 89.2 Å². The van der Waals surface area contributed by atoms with Crippen molar-refractivity contribution in [2.45, 2.75) is 83.5 Å². The van der Waals surface area contributed by atoms with Crippen molar-refractivity contribution in [2.75, 3.05) is 0 Å². The summed E-state index contributed by atoms with van der Waals surface area (Å²) in [6.45, 7) is 4.29. The van der Waals surface area contributed by atoms with Gasteiger partial charge in [-0.15, -0.1) is 0 Å². The van der Waals surface area contributed by atoms with Crippen LogP contribution >= 0.6 is 0 Å². The molecule has 32 heavy (non-hydrogen) atoms. The van der Waals surface area contributed by atoms with Crippen molar-refractivity contribution in [2.24, 2.45) is 0 Å². The second-order valence-corrected chi connectivity index (χ2v) is 8.70. The highest BCUT2D eigenvalue weighted by Crippen LogP contribution is 2.37. The van der Waals surface area contributed by atoms with Crippen molar-refractivity contribution in [3.63, 3.8) is 0 Å². The molecule has 0 aliphatic heterocycles. The number of benzene rings is 2. The summed E-state index contributed by atoms with van der Waals surface area (Å²) in [6, 6.07) is 14.1. The Balaban J connectivity index is 1.85. The Morgan fingerprint density at radius 2 is 1.34 bits per heavy atom. The lowest BCUT2D eigenvalue weighted by Gasteiger charge is -2.31. The van der Waals surface area contributed by atoms with Crippen molar-refractivity contribution in [3.8, 4) is 11.5 Å². The Morgan fingerprint density at radius 1 is 0.844 bits per heavy atom. The highest BCUT2D eigenvalue weighted by Gasteiger charge is 2.30. The Morgan fingerprint density at radius 3 is 1.88 bits per heavy atom. The first-order valence-electron chi connectivity index (χ1n) is 11.9. The van der Waals surface area contributed by atoms with E-state index in [0.717, 1.165) is 24.0 Å². The molecule has 4 nitrogen and oxygen atoms in total. The maximum absolute atomic E-state index is 12.3. The van der Waals surface area contributed by atoms with Gasteiger partial charge in [0.05, 0.1) is 6.26 Å². The van der Waals surface area contributed by atoms with E-state index in [1.54, 1.807) is 24.3 Å². The summed E-state index contributed by atoms with van der Waals surface area (Å²) in [5.41, 5.74) is 1.52. The molecule has 0 atom stereocenters. The van der Waals surface area contributed by atoms with Crippen LogP contribution in [0.25, 0.3) is 0 Å². The van der Waals surface area contributed by atoms with Crippen LogP contribution in [0.4, 0.5) is 0 Å². The number of allylic oxidation sites excluding steroid dienone is 1. The number of rotatable bonds is 14. The zero-order valence-electron chi connectivity index (χ0n) is 19.6. The van der Waals surface area contributed by atoms with Gasteiger partial charge in [0.15, 0.2) is 0 Å². The Kier molecular flexibility index (Phi) is 10.9. The first-order valence-corrected chi connectivity index (χ1v) is 11.9. The average molecular weight is 439 g/mol. The smallest absolute Gasteiger partial charge is 0.310 e. The Bertz CT molecular complexity index is 776. The molecule has 0 heterocycles. The first kappa shape index (κ1) is 25.5. The second-order valence-electron chi connectivity index (χ2n) is 8.70. The third-order valence-electron chi connectivity index (χ3n) is 6.11. The molecule has 0 amide bonds. The number of carbonyl (C=O) groups excluding carboxylic acids is 1. The van der Waals surface area contributed by atoms with Gasteiger partial charge in [0.25, 0.3) is 0 Å². The normalized spacial score (nSPS) is 11.7. The molecule has 4 heteroatoms. The maximum Gasteiger partial charge on any atom is 0.310 e. The molecule has 2 aromatic rings. The van der Waals surface area contributed by atoms with E-state index < -0.39 is 5.41 Å². The second kappa shape index (κ2) is 13.6. The molecule has 2 rings (SSSR count). The summed E-state index contributed by atoms with van der Waals surface area (Å²) < 4.78 is 5.31. The molecular formula is C28H38O4. The largest absolute Gasteiger partial charge is 0.508 e. The number of aromatic hydroxyl groups is 2. The van der Waals surface area contributed by atoms with Gasteiger partial charge in [-0.25, -0.2) is 0 Å². The zero-order chi connectivity index (χ0) is 23.2. The summed E-state index contributed by atoms with van der Waals surface area (Å²) in [5.74, 6) is 0.143. The Labute approximate surface area is 193 Å². The average Bonchev–Trinajstić information content (AvgIpc) is 2.79. The molecule has 0 bridgehead atoms. The fraction of sp³-hybridized carbons (Fsp3) is 0.464. The summed E-state index contributed by atoms with van der Waals surface area (Å²) in [7, 11) is 0. The number of carbonyl (C=O) groups is 1. The molecule has 0 aliphatic carbocycles. The van der Waals surface area contributed by atoms with E-state index in [9.17, 15) is 15.0 Å². The fourth-order valence-corrected chi connectivity index (χ4v) is 3.94. The lowest BCUT2D eigenvalue weighted by Crippen LogP contribution is -2.25. The van der Waals surface area contributed by atoms with E-state index in [4.69, 9.17) is 4.74 Å². The minimum Gasteiger partial charge on any atom is -0.508 e. The van der Waals surface area contributed by atoms with Gasteiger partial charge < -0.3 is 14.9 Å². The summed E-state index contributed by atoms with van der Waals surface area (Å²) >= 11 is 0. The van der Waals surface area contributed by atoms with Gasteiger partial charge in [-0.3, -0.25) is 4.79 Å². The summed E-state index contributed by atoms with van der Waals surface area (Å²) in [4.78, 5) is 12.3. The quantitative estimate of drug-likeness (QED) is 0.183. The van der Waals surface area contributed by atoms with E-state index in [1.807, 2.05) is 30.3 Å². The molecule has 2 N–H and O–H groups in total. The monoisotopic (exact) mass is 438 g/mol. The van der Waals surface area contributed by atoms with E-state index in [-0.39, 0.29) is 23.9 Å². The van der Waals surface area contributed by atoms with Crippen molar-refractivity contribution >= 4 is 5.97 Å². The third kappa shape index (κ3) is 8.41. The SMILES string of the molecule is CCCCCCCCCC=COC(=O)CCC(C)(c1ccc(O)cc1)c1ccc(O)cc1. The van der Waals surface area contributed by atoms with Crippen LogP contribution in [0.15, 0.2) is 60.9 Å². The van der Waals surface area contributed by atoms with Gasteiger partial charge in [-0.1, -0.05) is 76.6 Å². The third-order valence-corrected chi connectivity index (χ3v) is 6.11. The fourth-order valence-electron chi connectivity index (χ4n) is 3.94. The zero-order valence-corrected chi connectivity index (χ0v) is 19.6. The maximum atomic E-state index is 12.3. The van der Waals surface area contributed by atoms with Crippen LogP contribution in [0.3, 0.4) is 0 Å². The van der Waals surface area contributed by atoms with Crippen LogP contribution < -0.4 is 0 Å². The van der Waals surface area contributed by atoms with E-state index >= 15 is 0 Å². The van der Waals surface area contributed by atoms with E-state index in [0.29, 0.717) is 6.42 Å². The van der Waals surface area contributed by atoms with Crippen molar-refractivity contribution in [1.82, 2.24) is 0 Å². The minimum absolute atomic E-state index is 0.201. The van der Waals surface area contributed by atoms with Crippen LogP contribution in [-0.4, -0.2) is 16.2 Å². The van der Waals surface area contributed by atoms with Crippen LogP contribution in [0.5, 0.6) is 11.5 Å². The van der Waals surface area contributed by atoms with Crippen molar-refractivity contribution < 1.29 is 19.7 Å². The molecular weight excluding hydrogens is 400 g/mol. The van der Waals surface area contributed by atoms with E-state index in [1.165, 1.54) is 44.8 Å². The van der Waals surface area contributed by atoms with Crippen molar-refractivity contribution in [1.29, 1.82) is 0 Å². The number of unbranched alkanes of at least 4 members (excludes halogenated alkanes) is 7. The van der Waals surface area contributed by atoms with Gasteiger partial charge >= 0.3 is 5.97 Å². The lowest BCUT2D eigenvalue weighted by molar-refractivity contribution is -0.138. The van der Waals surface area contributed by atoms with Gasteiger partial charge in [-0.05, 0) is 60.7 Å².